The summed E-state index contributed by atoms with van der Waals surface area (Å²) in [4.78, 5) is 13.1. The fraction of sp³-hybridized carbons (Fsp3) is 0.962. The second kappa shape index (κ2) is 11.8. The predicted octanol–water partition coefficient (Wildman–Crippen LogP) is 2.17. The Bertz CT molecular complexity index is 670. The molecule has 194 valence electrons. The summed E-state index contributed by atoms with van der Waals surface area (Å²) in [7, 11) is 1.83. The number of carbonyl (C=O) groups is 1. The lowest BCUT2D eigenvalue weighted by Crippen LogP contribution is -2.66. The Morgan fingerprint density at radius 2 is 1.88 bits per heavy atom. The number of thioether (sulfide) groups is 1. The highest BCUT2D eigenvalue weighted by molar-refractivity contribution is 8.01. The summed E-state index contributed by atoms with van der Waals surface area (Å²) in [5.41, 5.74) is 0. The average molecular weight is 494 g/mol. The Kier molecular flexibility index (Phi) is 8.76. The maximum Gasteiger partial charge on any atom is 0.233 e. The zero-order valence-electron chi connectivity index (χ0n) is 21.2. The number of hydrogen-bond donors (Lipinski definition) is 5. The van der Waals surface area contributed by atoms with Gasteiger partial charge in [0.1, 0.15) is 6.29 Å². The van der Waals surface area contributed by atoms with E-state index in [0.717, 1.165) is 62.9 Å². The zero-order valence-corrected chi connectivity index (χ0v) is 22.0. The lowest BCUT2D eigenvalue weighted by Gasteiger charge is -2.43. The molecule has 8 heteroatoms. The van der Waals surface area contributed by atoms with Crippen LogP contribution in [0, 0.1) is 17.8 Å². The van der Waals surface area contributed by atoms with Gasteiger partial charge in [0.05, 0.1) is 11.4 Å². The number of amides is 1. The fourth-order valence-electron chi connectivity index (χ4n) is 7.16. The minimum Gasteiger partial charge on any atom is -0.380 e. The molecule has 10 unspecified atom stereocenters. The molecule has 0 spiro atoms. The maximum atomic E-state index is 13.1. The van der Waals surface area contributed by atoms with Gasteiger partial charge in [-0.05, 0) is 82.2 Å². The highest BCUT2D eigenvalue weighted by Crippen LogP contribution is 2.46. The lowest BCUT2D eigenvalue weighted by atomic mass is 9.82. The van der Waals surface area contributed by atoms with E-state index in [1.54, 1.807) is 0 Å². The Labute approximate surface area is 210 Å². The fourth-order valence-corrected chi connectivity index (χ4v) is 8.91. The standard InChI is InChI=1S/C26H47N5O2S/c1-16-7-8-19(29-25(32)24-12-17-5-3-4-6-23(17)34-24)13-22(16)31-26-28-10-9-21(30-26)18-11-20(33-2)15-27-14-18/h16-24,26-28,30-31H,3-15H2,1-2H3,(H,29,32). The number of hydrogen-bond acceptors (Lipinski definition) is 7. The summed E-state index contributed by atoms with van der Waals surface area (Å²) in [6.45, 7) is 5.43. The van der Waals surface area contributed by atoms with Gasteiger partial charge in [0.2, 0.25) is 5.91 Å². The molecule has 5 aliphatic rings. The van der Waals surface area contributed by atoms with Gasteiger partial charge in [0.25, 0.3) is 0 Å². The molecule has 2 aliphatic carbocycles. The van der Waals surface area contributed by atoms with Crippen molar-refractivity contribution in [2.24, 2.45) is 17.8 Å². The van der Waals surface area contributed by atoms with E-state index in [0.29, 0.717) is 42.0 Å². The zero-order chi connectivity index (χ0) is 23.5. The van der Waals surface area contributed by atoms with Crippen molar-refractivity contribution in [1.29, 1.82) is 0 Å². The summed E-state index contributed by atoms with van der Waals surface area (Å²) in [6.07, 6.45) is 12.5. The molecule has 5 N–H and O–H groups in total. The van der Waals surface area contributed by atoms with Crippen LogP contribution in [0.15, 0.2) is 0 Å². The van der Waals surface area contributed by atoms with Gasteiger partial charge in [-0.15, -0.1) is 11.8 Å². The number of nitrogens with one attached hydrogen (secondary N) is 5. The van der Waals surface area contributed by atoms with Crippen molar-refractivity contribution in [3.8, 4) is 0 Å². The van der Waals surface area contributed by atoms with E-state index in [-0.39, 0.29) is 11.5 Å². The van der Waals surface area contributed by atoms with Gasteiger partial charge in [-0.1, -0.05) is 19.8 Å². The van der Waals surface area contributed by atoms with E-state index in [1.807, 2.05) is 18.9 Å². The molecular weight excluding hydrogens is 446 g/mol. The lowest BCUT2D eigenvalue weighted by molar-refractivity contribution is -0.121. The third-order valence-electron chi connectivity index (χ3n) is 9.34. The van der Waals surface area contributed by atoms with Crippen LogP contribution in [-0.4, -0.2) is 73.7 Å². The van der Waals surface area contributed by atoms with Crippen LogP contribution in [0.3, 0.4) is 0 Å². The van der Waals surface area contributed by atoms with Crippen LogP contribution in [0.2, 0.25) is 0 Å². The second-order valence-corrected chi connectivity index (χ2v) is 13.1. The van der Waals surface area contributed by atoms with E-state index in [9.17, 15) is 4.79 Å². The second-order valence-electron chi connectivity index (χ2n) is 11.7. The van der Waals surface area contributed by atoms with Crippen molar-refractivity contribution in [2.45, 2.75) is 112 Å². The molecule has 3 saturated heterocycles. The Balaban J connectivity index is 1.10. The minimum atomic E-state index is 0.136. The molecule has 0 aromatic rings. The van der Waals surface area contributed by atoms with Crippen molar-refractivity contribution < 1.29 is 9.53 Å². The van der Waals surface area contributed by atoms with Crippen LogP contribution >= 0.6 is 11.8 Å². The number of rotatable bonds is 6. The van der Waals surface area contributed by atoms with Crippen LogP contribution in [-0.2, 0) is 9.53 Å². The molecule has 34 heavy (non-hydrogen) atoms. The molecule has 5 fully saturated rings. The molecule has 2 saturated carbocycles. The van der Waals surface area contributed by atoms with Crippen LogP contribution in [0.1, 0.15) is 71.1 Å². The number of ether oxygens (including phenoxy) is 1. The quantitative estimate of drug-likeness (QED) is 0.388. The van der Waals surface area contributed by atoms with Gasteiger partial charge in [-0.3, -0.25) is 20.7 Å². The third-order valence-corrected chi connectivity index (χ3v) is 11.0. The van der Waals surface area contributed by atoms with Crippen molar-refractivity contribution in [3.05, 3.63) is 0 Å². The van der Waals surface area contributed by atoms with E-state index in [4.69, 9.17) is 4.74 Å². The average Bonchev–Trinajstić information content (AvgIpc) is 3.31. The minimum absolute atomic E-state index is 0.136. The molecule has 5 rings (SSSR count). The first-order valence-electron chi connectivity index (χ1n) is 14.0. The van der Waals surface area contributed by atoms with Gasteiger partial charge >= 0.3 is 0 Å². The van der Waals surface area contributed by atoms with Crippen molar-refractivity contribution in [2.75, 3.05) is 26.7 Å². The first-order valence-corrected chi connectivity index (χ1v) is 15.0. The summed E-state index contributed by atoms with van der Waals surface area (Å²) >= 11 is 1.97. The van der Waals surface area contributed by atoms with Gasteiger partial charge in [0, 0.05) is 37.0 Å². The van der Waals surface area contributed by atoms with E-state index in [2.05, 4.69) is 33.5 Å². The Hall–Kier alpha value is -0.380. The molecule has 3 heterocycles. The topological polar surface area (TPSA) is 86.5 Å². The molecule has 3 aliphatic heterocycles. The predicted molar refractivity (Wildman–Crippen MR) is 139 cm³/mol. The molecule has 7 nitrogen and oxygen atoms in total. The van der Waals surface area contributed by atoms with Crippen molar-refractivity contribution in [3.63, 3.8) is 0 Å². The van der Waals surface area contributed by atoms with E-state index < -0.39 is 0 Å². The first-order chi connectivity index (χ1) is 16.6. The van der Waals surface area contributed by atoms with Gasteiger partial charge in [-0.25, -0.2) is 0 Å². The van der Waals surface area contributed by atoms with Crippen LogP contribution in [0.4, 0.5) is 0 Å². The number of carbonyl (C=O) groups excluding carboxylic acids is 1. The molecule has 0 radical (unpaired) electrons. The van der Waals surface area contributed by atoms with Crippen LogP contribution in [0.25, 0.3) is 0 Å². The molecule has 10 atom stereocenters. The first kappa shape index (κ1) is 25.3. The summed E-state index contributed by atoms with van der Waals surface area (Å²) < 4.78 is 5.62. The van der Waals surface area contributed by atoms with Crippen molar-refractivity contribution >= 4 is 17.7 Å². The maximum absolute atomic E-state index is 13.1. The molecular formula is C26H47N5O2S. The number of methoxy groups -OCH3 is 1. The number of piperidine rings is 1. The van der Waals surface area contributed by atoms with Gasteiger partial charge < -0.3 is 15.4 Å². The highest BCUT2D eigenvalue weighted by atomic mass is 32.2. The molecule has 0 aromatic heterocycles. The van der Waals surface area contributed by atoms with E-state index in [1.165, 1.54) is 32.1 Å². The van der Waals surface area contributed by atoms with Crippen molar-refractivity contribution in [1.82, 2.24) is 26.6 Å². The molecule has 0 bridgehead atoms. The van der Waals surface area contributed by atoms with Crippen LogP contribution < -0.4 is 26.6 Å². The normalized spacial score (nSPS) is 45.5. The highest BCUT2D eigenvalue weighted by Gasteiger charge is 2.41. The number of fused-ring (bicyclic) bond motifs is 1. The Morgan fingerprint density at radius 3 is 2.74 bits per heavy atom. The SMILES string of the molecule is COC1CNCC(C2CCNC(NC3CC(NC(=O)C4CC5CCCCC5S4)CCC3C)N2)C1. The molecule has 1 amide bonds. The smallest absolute Gasteiger partial charge is 0.233 e. The largest absolute Gasteiger partial charge is 0.380 e. The van der Waals surface area contributed by atoms with E-state index >= 15 is 0 Å². The molecule has 0 aromatic carbocycles. The summed E-state index contributed by atoms with van der Waals surface area (Å²) in [6, 6.07) is 1.22. The Morgan fingerprint density at radius 1 is 1.00 bits per heavy atom. The van der Waals surface area contributed by atoms with Crippen LogP contribution in [0.5, 0.6) is 0 Å². The van der Waals surface area contributed by atoms with Gasteiger partial charge in [-0.2, -0.15) is 0 Å². The van der Waals surface area contributed by atoms with Gasteiger partial charge in [0.15, 0.2) is 0 Å². The summed E-state index contributed by atoms with van der Waals surface area (Å²) in [5.74, 6) is 2.32. The monoisotopic (exact) mass is 493 g/mol. The summed E-state index contributed by atoms with van der Waals surface area (Å²) in [5, 5.41) is 19.3. The third kappa shape index (κ3) is 6.12.